The first kappa shape index (κ1) is 19.6. The van der Waals surface area contributed by atoms with Crippen LogP contribution in [0.25, 0.3) is 0 Å². The molecule has 0 radical (unpaired) electrons. The topological polar surface area (TPSA) is 85.0 Å². The predicted molar refractivity (Wildman–Crippen MR) is 110 cm³/mol. The van der Waals surface area contributed by atoms with Crippen molar-refractivity contribution in [3.63, 3.8) is 0 Å². The number of rotatable bonds is 9. The summed E-state index contributed by atoms with van der Waals surface area (Å²) in [6.45, 7) is 7.79. The van der Waals surface area contributed by atoms with Crippen LogP contribution in [0.4, 0.5) is 0 Å². The summed E-state index contributed by atoms with van der Waals surface area (Å²) in [5.41, 5.74) is 1.25. The van der Waals surface area contributed by atoms with Crippen molar-refractivity contribution in [3.8, 4) is 0 Å². The quantitative estimate of drug-likeness (QED) is 0.437. The van der Waals surface area contributed by atoms with Gasteiger partial charge in [0, 0.05) is 45.0 Å². The summed E-state index contributed by atoms with van der Waals surface area (Å²) >= 11 is 0. The first-order valence-corrected chi connectivity index (χ1v) is 9.73. The van der Waals surface area contributed by atoms with Gasteiger partial charge < -0.3 is 19.8 Å². The van der Waals surface area contributed by atoms with Gasteiger partial charge in [-0.25, -0.2) is 9.98 Å². The molecule has 0 saturated carbocycles. The molecule has 0 fully saturated rings. The second kappa shape index (κ2) is 10.2. The second-order valence-electron chi connectivity index (χ2n) is 6.37. The van der Waals surface area contributed by atoms with Crippen LogP contribution in [0.1, 0.15) is 31.1 Å². The van der Waals surface area contributed by atoms with E-state index in [1.807, 2.05) is 18.5 Å². The molecule has 2 heterocycles. The molecule has 8 heteroatoms. The molecule has 0 aliphatic heterocycles. The monoisotopic (exact) mass is 380 g/mol. The zero-order valence-corrected chi connectivity index (χ0v) is 16.5. The van der Waals surface area contributed by atoms with E-state index in [9.17, 15) is 0 Å². The maximum atomic E-state index is 4.69. The molecule has 0 amide bonds. The maximum absolute atomic E-state index is 4.69. The molecule has 1 aromatic carbocycles. The number of aliphatic imine (C=N–C) groups is 1. The molecule has 8 nitrogen and oxygen atoms in total. The Hall–Kier alpha value is -3.16. The van der Waals surface area contributed by atoms with Crippen LogP contribution in [0.5, 0.6) is 0 Å². The van der Waals surface area contributed by atoms with Crippen LogP contribution in [-0.2, 0) is 26.1 Å². The lowest BCUT2D eigenvalue weighted by Gasteiger charge is -2.12. The number of benzene rings is 1. The molecule has 2 aromatic heterocycles. The molecule has 2 N–H and O–H groups in total. The van der Waals surface area contributed by atoms with Crippen molar-refractivity contribution >= 4 is 5.96 Å². The molecule has 3 rings (SSSR count). The Bertz CT molecular complexity index is 865. The fourth-order valence-corrected chi connectivity index (χ4v) is 2.94. The van der Waals surface area contributed by atoms with Gasteiger partial charge in [-0.3, -0.25) is 0 Å². The van der Waals surface area contributed by atoms with Crippen LogP contribution in [0.15, 0.2) is 54.0 Å². The molecule has 0 atom stereocenters. The van der Waals surface area contributed by atoms with Crippen molar-refractivity contribution in [2.75, 3.05) is 13.1 Å². The SMILES string of the molecule is CCNC(=NCc1nccn1Cc1ccccc1)NCCn1cnnc1CC. The van der Waals surface area contributed by atoms with E-state index in [4.69, 9.17) is 4.99 Å². The summed E-state index contributed by atoms with van der Waals surface area (Å²) in [6.07, 6.45) is 6.46. The Morgan fingerprint density at radius 1 is 1.07 bits per heavy atom. The van der Waals surface area contributed by atoms with E-state index in [0.717, 1.165) is 50.2 Å². The van der Waals surface area contributed by atoms with Gasteiger partial charge in [0.05, 0.1) is 0 Å². The summed E-state index contributed by atoms with van der Waals surface area (Å²) < 4.78 is 4.19. The Morgan fingerprint density at radius 2 is 1.93 bits per heavy atom. The fraction of sp³-hybridized carbons (Fsp3) is 0.400. The van der Waals surface area contributed by atoms with Crippen LogP contribution < -0.4 is 10.6 Å². The first-order valence-electron chi connectivity index (χ1n) is 9.73. The molecule has 28 heavy (non-hydrogen) atoms. The molecule has 0 aliphatic rings. The molecule has 3 aromatic rings. The number of nitrogens with one attached hydrogen (secondary N) is 2. The van der Waals surface area contributed by atoms with Crippen LogP contribution >= 0.6 is 0 Å². The minimum Gasteiger partial charge on any atom is -0.357 e. The maximum Gasteiger partial charge on any atom is 0.191 e. The Balaban J connectivity index is 1.58. The van der Waals surface area contributed by atoms with Gasteiger partial charge >= 0.3 is 0 Å². The predicted octanol–water partition coefficient (Wildman–Crippen LogP) is 1.84. The zero-order valence-electron chi connectivity index (χ0n) is 16.5. The average Bonchev–Trinajstić information content (AvgIpc) is 3.36. The molecule has 0 unspecified atom stereocenters. The van der Waals surface area contributed by atoms with Crippen molar-refractivity contribution in [3.05, 3.63) is 66.3 Å². The molecule has 0 bridgehead atoms. The number of aryl methyl sites for hydroxylation is 1. The van der Waals surface area contributed by atoms with E-state index in [2.05, 4.69) is 73.1 Å². The minimum atomic E-state index is 0.516. The minimum absolute atomic E-state index is 0.516. The lowest BCUT2D eigenvalue weighted by Crippen LogP contribution is -2.39. The number of guanidine groups is 1. The van der Waals surface area contributed by atoms with Crippen LogP contribution in [0.2, 0.25) is 0 Å². The third-order valence-electron chi connectivity index (χ3n) is 4.38. The number of hydrogen-bond acceptors (Lipinski definition) is 4. The number of nitrogens with zero attached hydrogens (tertiary/aromatic N) is 6. The second-order valence-corrected chi connectivity index (χ2v) is 6.37. The summed E-state index contributed by atoms with van der Waals surface area (Å²) in [4.78, 5) is 9.16. The van der Waals surface area contributed by atoms with Crippen molar-refractivity contribution in [1.29, 1.82) is 0 Å². The first-order chi connectivity index (χ1) is 13.8. The summed E-state index contributed by atoms with van der Waals surface area (Å²) in [5, 5.41) is 14.7. The van der Waals surface area contributed by atoms with Gasteiger partial charge in [0.25, 0.3) is 0 Å². The van der Waals surface area contributed by atoms with E-state index in [0.29, 0.717) is 6.54 Å². The molecule has 0 spiro atoms. The molecular weight excluding hydrogens is 352 g/mol. The van der Waals surface area contributed by atoms with Crippen molar-refractivity contribution in [2.24, 2.45) is 4.99 Å². The highest BCUT2D eigenvalue weighted by atomic mass is 15.3. The third kappa shape index (κ3) is 5.42. The molecule has 148 valence electrons. The van der Waals surface area contributed by atoms with E-state index in [-0.39, 0.29) is 0 Å². The summed E-state index contributed by atoms with van der Waals surface area (Å²) in [7, 11) is 0. The average molecular weight is 381 g/mol. The molecule has 0 aliphatic carbocycles. The van der Waals surface area contributed by atoms with Crippen molar-refractivity contribution < 1.29 is 0 Å². The Morgan fingerprint density at radius 3 is 2.71 bits per heavy atom. The standard InChI is InChI=1S/C20H28N8/c1-3-18-26-25-16-28(18)13-11-23-20(21-4-2)24-14-19-22-10-12-27(19)15-17-8-6-5-7-9-17/h5-10,12,16H,3-4,11,13-15H2,1-2H3,(H2,21,23,24). The van der Waals surface area contributed by atoms with Gasteiger partial charge in [-0.2, -0.15) is 0 Å². The molecule has 0 saturated heterocycles. The van der Waals surface area contributed by atoms with Gasteiger partial charge in [-0.15, -0.1) is 10.2 Å². The fourth-order valence-electron chi connectivity index (χ4n) is 2.94. The number of hydrogen-bond donors (Lipinski definition) is 2. The highest BCUT2D eigenvalue weighted by molar-refractivity contribution is 5.79. The largest absolute Gasteiger partial charge is 0.357 e. The van der Waals surface area contributed by atoms with Crippen LogP contribution in [0.3, 0.4) is 0 Å². The third-order valence-corrected chi connectivity index (χ3v) is 4.38. The van der Waals surface area contributed by atoms with Gasteiger partial charge in [0.2, 0.25) is 0 Å². The summed E-state index contributed by atoms with van der Waals surface area (Å²) in [5.74, 6) is 2.71. The highest BCUT2D eigenvalue weighted by Crippen LogP contribution is 2.06. The number of aromatic nitrogens is 5. The van der Waals surface area contributed by atoms with E-state index >= 15 is 0 Å². The normalized spacial score (nSPS) is 11.6. The van der Waals surface area contributed by atoms with Gasteiger partial charge in [-0.05, 0) is 12.5 Å². The van der Waals surface area contributed by atoms with Crippen molar-refractivity contribution in [1.82, 2.24) is 34.9 Å². The van der Waals surface area contributed by atoms with Gasteiger partial charge in [0.1, 0.15) is 24.5 Å². The lowest BCUT2D eigenvalue weighted by molar-refractivity contribution is 0.631. The Kier molecular flexibility index (Phi) is 7.17. The van der Waals surface area contributed by atoms with Crippen LogP contribution in [0, 0.1) is 0 Å². The van der Waals surface area contributed by atoms with E-state index in [1.165, 1.54) is 5.56 Å². The summed E-state index contributed by atoms with van der Waals surface area (Å²) in [6, 6.07) is 10.4. The molecular formula is C20H28N8. The van der Waals surface area contributed by atoms with E-state index < -0.39 is 0 Å². The highest BCUT2D eigenvalue weighted by Gasteiger charge is 2.05. The smallest absolute Gasteiger partial charge is 0.191 e. The van der Waals surface area contributed by atoms with Crippen LogP contribution in [-0.4, -0.2) is 43.4 Å². The van der Waals surface area contributed by atoms with E-state index in [1.54, 1.807) is 6.33 Å². The van der Waals surface area contributed by atoms with Crippen molar-refractivity contribution in [2.45, 2.75) is 39.9 Å². The van der Waals surface area contributed by atoms with Gasteiger partial charge in [0.15, 0.2) is 5.96 Å². The van der Waals surface area contributed by atoms with Gasteiger partial charge in [-0.1, -0.05) is 37.3 Å². The lowest BCUT2D eigenvalue weighted by atomic mass is 10.2. The number of imidazole rings is 1. The Labute approximate surface area is 165 Å². The zero-order chi connectivity index (χ0) is 19.6.